The maximum atomic E-state index is 5.76. The summed E-state index contributed by atoms with van der Waals surface area (Å²) >= 11 is 1.32. The molecular formula is C16H11NS. The van der Waals surface area contributed by atoms with E-state index in [2.05, 4.69) is 54.6 Å². The van der Waals surface area contributed by atoms with E-state index in [1.54, 1.807) is 0 Å². The summed E-state index contributed by atoms with van der Waals surface area (Å²) in [5.41, 5.74) is 0. The van der Waals surface area contributed by atoms with E-state index in [0.29, 0.717) is 0 Å². The maximum absolute atomic E-state index is 5.76. The van der Waals surface area contributed by atoms with Crippen LogP contribution in [0.25, 0.3) is 32.3 Å². The van der Waals surface area contributed by atoms with Gasteiger partial charge in [0, 0.05) is 4.90 Å². The molecule has 0 bridgehead atoms. The van der Waals surface area contributed by atoms with Crippen molar-refractivity contribution in [2.45, 2.75) is 4.90 Å². The third kappa shape index (κ3) is 1.22. The summed E-state index contributed by atoms with van der Waals surface area (Å²) in [6.45, 7) is 0. The smallest absolute Gasteiger partial charge is 0.0304 e. The number of nitrogens with two attached hydrogens (primary N) is 1. The number of hydrogen-bond donors (Lipinski definition) is 1. The van der Waals surface area contributed by atoms with Gasteiger partial charge in [-0.3, -0.25) is 5.14 Å². The Kier molecular flexibility index (Phi) is 2.04. The van der Waals surface area contributed by atoms with Gasteiger partial charge in [-0.15, -0.1) is 0 Å². The van der Waals surface area contributed by atoms with E-state index in [1.807, 2.05) is 0 Å². The highest BCUT2D eigenvalue weighted by molar-refractivity contribution is 7.97. The van der Waals surface area contributed by atoms with E-state index < -0.39 is 0 Å². The third-order valence-electron chi connectivity index (χ3n) is 3.62. The minimum Gasteiger partial charge on any atom is -0.274 e. The van der Waals surface area contributed by atoms with Gasteiger partial charge in [0.25, 0.3) is 0 Å². The van der Waals surface area contributed by atoms with Crippen LogP contribution < -0.4 is 5.14 Å². The molecule has 0 fully saturated rings. The molecule has 0 aromatic heterocycles. The summed E-state index contributed by atoms with van der Waals surface area (Å²) in [6, 6.07) is 19.5. The molecule has 0 aliphatic rings. The molecule has 18 heavy (non-hydrogen) atoms. The molecule has 0 amide bonds. The molecule has 4 aromatic carbocycles. The Morgan fingerprint density at radius 1 is 0.667 bits per heavy atom. The second-order valence-corrected chi connectivity index (χ2v) is 5.21. The van der Waals surface area contributed by atoms with E-state index in [4.69, 9.17) is 5.14 Å². The molecular weight excluding hydrogens is 238 g/mol. The van der Waals surface area contributed by atoms with Crippen molar-refractivity contribution >= 4 is 44.3 Å². The molecule has 0 radical (unpaired) electrons. The standard InChI is InChI=1S/C16H11NS/c17-18-14-9-7-12-5-4-10-2-1-3-11-6-8-13(14)16(12)15(10)11/h1-9H,17H2. The molecule has 86 valence electrons. The minimum atomic E-state index is 1.14. The van der Waals surface area contributed by atoms with Crippen LogP contribution in [0.2, 0.25) is 0 Å². The van der Waals surface area contributed by atoms with Crippen molar-refractivity contribution in [3.63, 3.8) is 0 Å². The van der Waals surface area contributed by atoms with Gasteiger partial charge in [0.2, 0.25) is 0 Å². The fraction of sp³-hybridized carbons (Fsp3) is 0. The molecule has 4 rings (SSSR count). The van der Waals surface area contributed by atoms with Gasteiger partial charge < -0.3 is 0 Å². The molecule has 2 heteroatoms. The molecule has 0 aliphatic heterocycles. The van der Waals surface area contributed by atoms with E-state index in [9.17, 15) is 0 Å². The third-order valence-corrected chi connectivity index (χ3v) is 4.23. The van der Waals surface area contributed by atoms with Crippen LogP contribution >= 0.6 is 11.9 Å². The lowest BCUT2D eigenvalue weighted by Gasteiger charge is -2.12. The van der Waals surface area contributed by atoms with Gasteiger partial charge in [0.15, 0.2) is 0 Å². The van der Waals surface area contributed by atoms with Gasteiger partial charge in [-0.25, -0.2) is 0 Å². The fourth-order valence-electron chi connectivity index (χ4n) is 2.81. The Hall–Kier alpha value is -1.77. The SMILES string of the molecule is NSc1ccc2ccc3cccc4ccc1c2c34. The van der Waals surface area contributed by atoms with Gasteiger partial charge >= 0.3 is 0 Å². The molecule has 0 atom stereocenters. The van der Waals surface area contributed by atoms with E-state index in [-0.39, 0.29) is 0 Å². The molecule has 0 saturated heterocycles. The van der Waals surface area contributed by atoms with Crippen molar-refractivity contribution < 1.29 is 0 Å². The molecule has 0 heterocycles. The Morgan fingerprint density at radius 3 is 2.00 bits per heavy atom. The number of rotatable bonds is 1. The molecule has 0 unspecified atom stereocenters. The van der Waals surface area contributed by atoms with E-state index in [0.717, 1.165) is 4.90 Å². The van der Waals surface area contributed by atoms with Crippen LogP contribution in [0.4, 0.5) is 0 Å². The van der Waals surface area contributed by atoms with Crippen LogP contribution in [0.1, 0.15) is 0 Å². The van der Waals surface area contributed by atoms with E-state index in [1.165, 1.54) is 44.3 Å². The first kappa shape index (κ1) is 10.2. The second-order valence-electron chi connectivity index (χ2n) is 4.54. The highest BCUT2D eigenvalue weighted by Gasteiger charge is 2.09. The summed E-state index contributed by atoms with van der Waals surface area (Å²) in [6.07, 6.45) is 0. The van der Waals surface area contributed by atoms with Gasteiger partial charge in [0.1, 0.15) is 0 Å². The highest BCUT2D eigenvalue weighted by atomic mass is 32.2. The largest absolute Gasteiger partial charge is 0.274 e. The first-order valence-electron chi connectivity index (χ1n) is 5.92. The first-order chi connectivity index (χ1) is 8.88. The van der Waals surface area contributed by atoms with Gasteiger partial charge in [-0.05, 0) is 50.3 Å². The van der Waals surface area contributed by atoms with Gasteiger partial charge in [-0.1, -0.05) is 48.5 Å². The summed E-state index contributed by atoms with van der Waals surface area (Å²) in [5.74, 6) is 0. The predicted molar refractivity (Wildman–Crippen MR) is 80.2 cm³/mol. The topological polar surface area (TPSA) is 26.0 Å². The second kappa shape index (κ2) is 3.61. The zero-order valence-corrected chi connectivity index (χ0v) is 10.5. The molecule has 2 N–H and O–H groups in total. The van der Waals surface area contributed by atoms with Crippen molar-refractivity contribution in [2.24, 2.45) is 5.14 Å². The minimum absolute atomic E-state index is 1.14. The lowest BCUT2D eigenvalue weighted by molar-refractivity contribution is 1.57. The van der Waals surface area contributed by atoms with E-state index >= 15 is 0 Å². The normalized spacial score (nSPS) is 11.8. The summed E-state index contributed by atoms with van der Waals surface area (Å²) in [7, 11) is 0. The quantitative estimate of drug-likeness (QED) is 0.395. The van der Waals surface area contributed by atoms with Crippen LogP contribution in [-0.2, 0) is 0 Å². The molecule has 0 spiro atoms. The van der Waals surface area contributed by atoms with Crippen molar-refractivity contribution in [1.82, 2.24) is 0 Å². The summed E-state index contributed by atoms with van der Waals surface area (Å²) in [4.78, 5) is 1.14. The molecule has 0 aliphatic carbocycles. The van der Waals surface area contributed by atoms with Crippen LogP contribution in [0, 0.1) is 0 Å². The molecule has 1 nitrogen and oxygen atoms in total. The zero-order chi connectivity index (χ0) is 12.1. The van der Waals surface area contributed by atoms with Crippen molar-refractivity contribution in [3.8, 4) is 0 Å². The van der Waals surface area contributed by atoms with Crippen molar-refractivity contribution in [2.75, 3.05) is 0 Å². The predicted octanol–water partition coefficient (Wildman–Crippen LogP) is 4.55. The van der Waals surface area contributed by atoms with Gasteiger partial charge in [-0.2, -0.15) is 0 Å². The Labute approximate surface area is 109 Å². The average Bonchev–Trinajstić information content (AvgIpc) is 2.44. The lowest BCUT2D eigenvalue weighted by atomic mass is 9.94. The van der Waals surface area contributed by atoms with Crippen LogP contribution in [0.15, 0.2) is 59.5 Å². The maximum Gasteiger partial charge on any atom is 0.0304 e. The zero-order valence-electron chi connectivity index (χ0n) is 9.68. The van der Waals surface area contributed by atoms with Crippen LogP contribution in [-0.4, -0.2) is 0 Å². The van der Waals surface area contributed by atoms with Crippen molar-refractivity contribution in [1.29, 1.82) is 0 Å². The Balaban J connectivity index is 2.40. The number of benzene rings is 4. The fourth-order valence-corrected chi connectivity index (χ4v) is 3.25. The monoisotopic (exact) mass is 249 g/mol. The Morgan fingerprint density at radius 2 is 1.28 bits per heavy atom. The van der Waals surface area contributed by atoms with Crippen molar-refractivity contribution in [3.05, 3.63) is 54.6 Å². The summed E-state index contributed by atoms with van der Waals surface area (Å²) in [5, 5.41) is 13.6. The molecule has 0 saturated carbocycles. The first-order valence-corrected chi connectivity index (χ1v) is 6.80. The molecule has 4 aromatic rings. The van der Waals surface area contributed by atoms with Crippen LogP contribution in [0.5, 0.6) is 0 Å². The lowest BCUT2D eigenvalue weighted by Crippen LogP contribution is -1.87. The van der Waals surface area contributed by atoms with Gasteiger partial charge in [0.05, 0.1) is 0 Å². The number of hydrogen-bond acceptors (Lipinski definition) is 2. The average molecular weight is 249 g/mol. The highest BCUT2D eigenvalue weighted by Crippen LogP contribution is 2.37. The Bertz CT molecular complexity index is 851. The van der Waals surface area contributed by atoms with Crippen LogP contribution in [0.3, 0.4) is 0 Å². The summed E-state index contributed by atoms with van der Waals surface area (Å²) < 4.78 is 0.